The summed E-state index contributed by atoms with van der Waals surface area (Å²) in [6.07, 6.45) is 0. The molecule has 3 aromatic carbocycles. The average molecular weight is 511 g/mol. The van der Waals surface area contributed by atoms with Crippen molar-refractivity contribution >= 4 is 44.1 Å². The first-order valence-electron chi connectivity index (χ1n) is 12.3. The monoisotopic (exact) mass is 510 g/mol. The molecule has 1 N–H and O–H groups in total. The quantitative estimate of drug-likeness (QED) is 0.181. The van der Waals surface area contributed by atoms with Crippen molar-refractivity contribution in [3.8, 4) is 0 Å². The van der Waals surface area contributed by atoms with E-state index in [1.54, 1.807) is 12.1 Å². The van der Waals surface area contributed by atoms with Gasteiger partial charge in [0.05, 0.1) is 21.8 Å². The molecule has 0 bridgehead atoms. The van der Waals surface area contributed by atoms with Crippen LogP contribution in [-0.4, -0.2) is 21.8 Å². The lowest BCUT2D eigenvalue weighted by Crippen LogP contribution is -2.29. The molecule has 1 aliphatic rings. The number of ketones is 1. The fraction of sp³-hybridized carbons (Fsp3) is 0.258. The van der Waals surface area contributed by atoms with E-state index in [2.05, 4.69) is 26.8 Å². The fourth-order valence-electron chi connectivity index (χ4n) is 4.84. The SMILES string of the molecule is Cc1ccc(/C(O)=C2\C(=O)C(=O)N(c3nc4c(C)cc(C)cc4s3)[C@@H]2c2ccc(C(C)(C)C)cc2)cc1. The third-order valence-corrected chi connectivity index (χ3v) is 7.89. The molecule has 0 unspecified atom stereocenters. The minimum absolute atomic E-state index is 0.0509. The number of hydrogen-bond donors (Lipinski definition) is 1. The summed E-state index contributed by atoms with van der Waals surface area (Å²) in [7, 11) is 0. The van der Waals surface area contributed by atoms with E-state index in [0.717, 1.165) is 38.0 Å². The largest absolute Gasteiger partial charge is 0.507 e. The lowest BCUT2D eigenvalue weighted by Gasteiger charge is -2.24. The zero-order chi connectivity index (χ0) is 26.6. The van der Waals surface area contributed by atoms with Gasteiger partial charge in [-0.05, 0) is 54.5 Å². The average Bonchev–Trinajstić information content (AvgIpc) is 3.37. The maximum atomic E-state index is 13.5. The Morgan fingerprint density at radius 3 is 2.19 bits per heavy atom. The molecule has 5 rings (SSSR count). The number of hydrogen-bond acceptors (Lipinski definition) is 5. The van der Waals surface area contributed by atoms with Gasteiger partial charge in [0.1, 0.15) is 5.76 Å². The minimum Gasteiger partial charge on any atom is -0.507 e. The minimum atomic E-state index is -0.794. The maximum Gasteiger partial charge on any atom is 0.301 e. The van der Waals surface area contributed by atoms with Gasteiger partial charge in [-0.3, -0.25) is 14.5 Å². The summed E-state index contributed by atoms with van der Waals surface area (Å²) in [5.74, 6) is -1.58. The van der Waals surface area contributed by atoms with Gasteiger partial charge in [0.25, 0.3) is 5.78 Å². The van der Waals surface area contributed by atoms with Gasteiger partial charge in [-0.25, -0.2) is 4.98 Å². The van der Waals surface area contributed by atoms with Crippen molar-refractivity contribution in [2.24, 2.45) is 0 Å². The number of nitrogens with zero attached hydrogens (tertiary/aromatic N) is 2. The van der Waals surface area contributed by atoms with Crippen LogP contribution in [0.5, 0.6) is 0 Å². The highest BCUT2D eigenvalue weighted by Crippen LogP contribution is 2.45. The number of thiazole rings is 1. The second-order valence-electron chi connectivity index (χ2n) is 10.8. The Morgan fingerprint density at radius 2 is 1.57 bits per heavy atom. The molecular weight excluding hydrogens is 480 g/mol. The highest BCUT2D eigenvalue weighted by Gasteiger charge is 2.48. The van der Waals surface area contributed by atoms with Crippen LogP contribution in [0.2, 0.25) is 0 Å². The molecule has 0 radical (unpaired) electrons. The summed E-state index contributed by atoms with van der Waals surface area (Å²) in [4.78, 5) is 33.3. The predicted molar refractivity (Wildman–Crippen MR) is 150 cm³/mol. The molecule has 5 nitrogen and oxygen atoms in total. The Hall–Kier alpha value is -3.77. The van der Waals surface area contributed by atoms with Crippen molar-refractivity contribution in [3.63, 3.8) is 0 Å². The molecule has 4 aromatic rings. The van der Waals surface area contributed by atoms with Crippen molar-refractivity contribution < 1.29 is 14.7 Å². The van der Waals surface area contributed by atoms with Crippen molar-refractivity contribution in [2.45, 2.75) is 53.0 Å². The number of anilines is 1. The van der Waals surface area contributed by atoms with Crippen LogP contribution in [0.25, 0.3) is 16.0 Å². The predicted octanol–water partition coefficient (Wildman–Crippen LogP) is 7.15. The van der Waals surface area contributed by atoms with E-state index < -0.39 is 17.7 Å². The number of carbonyl (C=O) groups is 2. The van der Waals surface area contributed by atoms with Gasteiger partial charge in [0, 0.05) is 5.56 Å². The van der Waals surface area contributed by atoms with Crippen molar-refractivity contribution in [2.75, 3.05) is 4.90 Å². The molecule has 1 amide bonds. The molecule has 1 atom stereocenters. The van der Waals surface area contributed by atoms with Crippen LogP contribution >= 0.6 is 11.3 Å². The van der Waals surface area contributed by atoms with E-state index in [1.807, 2.05) is 63.2 Å². The maximum absolute atomic E-state index is 13.5. The molecule has 6 heteroatoms. The first-order chi connectivity index (χ1) is 17.5. The standard InChI is InChI=1S/C31H30N2O3S/c1-17-7-9-21(10-8-17)27(34)24-26(20-11-13-22(14-12-20)31(4,5)6)33(29(36)28(24)35)30-32-25-19(3)15-18(2)16-23(25)37-30/h7-16,26,34H,1-6H3/b27-24+/t26-/m1/s1. The number of carbonyl (C=O) groups excluding carboxylic acids is 2. The normalized spacial score (nSPS) is 17.7. The van der Waals surface area contributed by atoms with Crippen LogP contribution in [0.4, 0.5) is 5.13 Å². The van der Waals surface area contributed by atoms with Crippen LogP contribution < -0.4 is 4.90 Å². The van der Waals surface area contributed by atoms with Crippen molar-refractivity contribution in [1.82, 2.24) is 4.98 Å². The summed E-state index contributed by atoms with van der Waals surface area (Å²) in [5, 5.41) is 11.8. The van der Waals surface area contributed by atoms with Crippen LogP contribution in [0.1, 0.15) is 60.2 Å². The smallest absolute Gasteiger partial charge is 0.301 e. The number of amides is 1. The lowest BCUT2D eigenvalue weighted by atomic mass is 9.85. The van der Waals surface area contributed by atoms with E-state index in [-0.39, 0.29) is 16.7 Å². The number of aryl methyl sites for hydroxylation is 3. The Morgan fingerprint density at radius 1 is 0.919 bits per heavy atom. The second kappa shape index (κ2) is 8.96. The number of aliphatic hydroxyl groups is 1. The molecule has 1 aromatic heterocycles. The van der Waals surface area contributed by atoms with Crippen LogP contribution in [0, 0.1) is 20.8 Å². The number of rotatable bonds is 3. The van der Waals surface area contributed by atoms with Gasteiger partial charge in [0.2, 0.25) is 0 Å². The van der Waals surface area contributed by atoms with Crippen molar-refractivity contribution in [3.05, 3.63) is 99.6 Å². The number of Topliss-reactive ketones (excluding diaryl/α,β-unsaturated/α-hetero) is 1. The molecule has 0 aliphatic carbocycles. The Balaban J connectivity index is 1.73. The summed E-state index contributed by atoms with van der Waals surface area (Å²) in [5.41, 5.74) is 6.37. The fourth-order valence-corrected chi connectivity index (χ4v) is 6.01. The first-order valence-corrected chi connectivity index (χ1v) is 13.1. The van der Waals surface area contributed by atoms with Gasteiger partial charge < -0.3 is 5.11 Å². The Bertz CT molecular complexity index is 1570. The molecule has 2 heterocycles. The summed E-state index contributed by atoms with van der Waals surface area (Å²) in [6, 6.07) is 18.5. The molecule has 37 heavy (non-hydrogen) atoms. The summed E-state index contributed by atoms with van der Waals surface area (Å²) < 4.78 is 0.953. The third kappa shape index (κ3) is 4.36. The molecule has 0 saturated carbocycles. The van der Waals surface area contributed by atoms with Gasteiger partial charge in [-0.15, -0.1) is 0 Å². The Kier molecular flexibility index (Phi) is 6.03. The third-order valence-electron chi connectivity index (χ3n) is 6.89. The van der Waals surface area contributed by atoms with Crippen LogP contribution in [-0.2, 0) is 15.0 Å². The van der Waals surface area contributed by atoms with E-state index >= 15 is 0 Å². The highest BCUT2D eigenvalue weighted by atomic mass is 32.1. The molecular formula is C31H30N2O3S. The van der Waals surface area contributed by atoms with E-state index in [0.29, 0.717) is 10.7 Å². The van der Waals surface area contributed by atoms with Gasteiger partial charge in [-0.1, -0.05) is 92.3 Å². The highest BCUT2D eigenvalue weighted by molar-refractivity contribution is 7.22. The van der Waals surface area contributed by atoms with Crippen LogP contribution in [0.15, 0.2) is 66.2 Å². The lowest BCUT2D eigenvalue weighted by molar-refractivity contribution is -0.132. The number of benzene rings is 3. The van der Waals surface area contributed by atoms with E-state index in [9.17, 15) is 14.7 Å². The summed E-state index contributed by atoms with van der Waals surface area (Å²) in [6.45, 7) is 12.4. The molecule has 1 saturated heterocycles. The molecule has 1 fully saturated rings. The number of aliphatic hydroxyl groups excluding tert-OH is 1. The first kappa shape index (κ1) is 24.9. The molecule has 0 spiro atoms. The van der Waals surface area contributed by atoms with Crippen LogP contribution in [0.3, 0.4) is 0 Å². The second-order valence-corrected chi connectivity index (χ2v) is 11.8. The number of fused-ring (bicyclic) bond motifs is 1. The van der Waals surface area contributed by atoms with E-state index in [1.165, 1.54) is 16.2 Å². The molecule has 188 valence electrons. The van der Waals surface area contributed by atoms with Gasteiger partial charge >= 0.3 is 5.91 Å². The molecule has 1 aliphatic heterocycles. The van der Waals surface area contributed by atoms with Crippen molar-refractivity contribution in [1.29, 1.82) is 0 Å². The van der Waals surface area contributed by atoms with E-state index in [4.69, 9.17) is 4.98 Å². The number of aromatic nitrogens is 1. The zero-order valence-corrected chi connectivity index (χ0v) is 22.7. The van der Waals surface area contributed by atoms with Gasteiger partial charge in [-0.2, -0.15) is 0 Å². The summed E-state index contributed by atoms with van der Waals surface area (Å²) >= 11 is 1.38. The topological polar surface area (TPSA) is 70.5 Å². The Labute approximate surface area is 221 Å². The zero-order valence-electron chi connectivity index (χ0n) is 21.9. The van der Waals surface area contributed by atoms with Gasteiger partial charge in [0.15, 0.2) is 5.13 Å².